The minimum absolute atomic E-state index is 0.325. The van der Waals surface area contributed by atoms with Gasteiger partial charge in [0.2, 0.25) is 5.96 Å². The van der Waals surface area contributed by atoms with Gasteiger partial charge in [-0.25, -0.2) is 0 Å². The first kappa shape index (κ1) is 14.1. The predicted molar refractivity (Wildman–Crippen MR) is 83.1 cm³/mol. The predicted octanol–water partition coefficient (Wildman–Crippen LogP) is 2.31. The van der Waals surface area contributed by atoms with Crippen LogP contribution < -0.4 is 11.2 Å². The maximum Gasteiger partial charge on any atom is 0.309 e. The van der Waals surface area contributed by atoms with Gasteiger partial charge in [-0.1, -0.05) is 11.6 Å². The van der Waals surface area contributed by atoms with Crippen LogP contribution in [0.2, 0.25) is 5.02 Å². The van der Waals surface area contributed by atoms with Crippen LogP contribution in [0.3, 0.4) is 0 Å². The maximum atomic E-state index is 5.90. The van der Waals surface area contributed by atoms with Crippen molar-refractivity contribution in [3.8, 4) is 5.69 Å². The average molecular weight is 291 g/mol. The molecular formula is C14H17ClN5+. The van der Waals surface area contributed by atoms with E-state index in [2.05, 4.69) is 17.1 Å². The lowest BCUT2D eigenvalue weighted by Crippen LogP contribution is -2.37. The molecular weight excluding hydrogens is 274 g/mol. The Balaban J connectivity index is 2.26. The SMILES string of the molecule is C=[N+](NC(N)=NCC)c1cccn1-c1ccc(Cl)cc1. The summed E-state index contributed by atoms with van der Waals surface area (Å²) in [7, 11) is 0. The standard InChI is InChI=1S/C14H17ClN5/c1-3-17-14(16)18-19(2)13-5-4-10-20(13)12-8-6-11(15)7-9-12/h4-10H,2-3H2,1H3,(H3,16,17,18)/q+1. The summed E-state index contributed by atoms with van der Waals surface area (Å²) < 4.78 is 3.54. The third kappa shape index (κ3) is 3.19. The van der Waals surface area contributed by atoms with Crippen LogP contribution in [0.4, 0.5) is 5.82 Å². The normalized spacial score (nSPS) is 11.4. The van der Waals surface area contributed by atoms with Crippen LogP contribution in [-0.2, 0) is 0 Å². The van der Waals surface area contributed by atoms with Gasteiger partial charge >= 0.3 is 5.82 Å². The minimum Gasteiger partial charge on any atom is -0.367 e. The van der Waals surface area contributed by atoms with Gasteiger partial charge in [0.25, 0.3) is 0 Å². The van der Waals surface area contributed by atoms with Crippen molar-refractivity contribution in [2.24, 2.45) is 10.7 Å². The molecule has 0 bridgehead atoms. The molecule has 0 atom stereocenters. The molecule has 0 fully saturated rings. The Morgan fingerprint density at radius 2 is 2.10 bits per heavy atom. The molecule has 6 heteroatoms. The number of guanidine groups is 1. The molecule has 2 aromatic rings. The summed E-state index contributed by atoms with van der Waals surface area (Å²) in [5, 5.41) is 0.700. The smallest absolute Gasteiger partial charge is 0.309 e. The van der Waals surface area contributed by atoms with E-state index in [0.29, 0.717) is 17.5 Å². The maximum absolute atomic E-state index is 5.90. The summed E-state index contributed by atoms with van der Waals surface area (Å²) in [4.78, 5) is 4.06. The molecule has 0 saturated heterocycles. The molecule has 1 aromatic carbocycles. The lowest BCUT2D eigenvalue weighted by atomic mass is 10.3. The van der Waals surface area contributed by atoms with Gasteiger partial charge in [-0.15, -0.1) is 4.68 Å². The van der Waals surface area contributed by atoms with Crippen LogP contribution in [-0.4, -0.2) is 28.5 Å². The van der Waals surface area contributed by atoms with Crippen LogP contribution in [0.25, 0.3) is 5.69 Å². The van der Waals surface area contributed by atoms with Gasteiger partial charge in [-0.05, 0) is 37.3 Å². The van der Waals surface area contributed by atoms with Gasteiger partial charge < -0.3 is 5.73 Å². The molecule has 0 spiro atoms. The van der Waals surface area contributed by atoms with E-state index in [0.717, 1.165) is 11.5 Å². The second kappa shape index (κ2) is 6.25. The lowest BCUT2D eigenvalue weighted by molar-refractivity contribution is -0.483. The first-order chi connectivity index (χ1) is 9.61. The summed E-state index contributed by atoms with van der Waals surface area (Å²) in [6.07, 6.45) is 1.94. The number of nitrogens with zero attached hydrogens (tertiary/aromatic N) is 3. The fourth-order valence-corrected chi connectivity index (χ4v) is 1.94. The van der Waals surface area contributed by atoms with Crippen molar-refractivity contribution in [1.29, 1.82) is 0 Å². The van der Waals surface area contributed by atoms with Gasteiger partial charge in [0.15, 0.2) is 0 Å². The molecule has 3 N–H and O–H groups in total. The number of aliphatic imine (C=N–C) groups is 1. The first-order valence-electron chi connectivity index (χ1n) is 6.22. The van der Waals surface area contributed by atoms with E-state index in [1.807, 2.05) is 54.1 Å². The number of nitrogens with one attached hydrogen (secondary N) is 1. The van der Waals surface area contributed by atoms with Gasteiger partial charge in [0.1, 0.15) is 5.69 Å². The zero-order valence-electron chi connectivity index (χ0n) is 11.3. The monoisotopic (exact) mass is 290 g/mol. The minimum atomic E-state index is 0.325. The number of hydrazine groups is 1. The van der Waals surface area contributed by atoms with E-state index < -0.39 is 0 Å². The number of hydrogen-bond acceptors (Lipinski definition) is 1. The molecule has 20 heavy (non-hydrogen) atoms. The van der Waals surface area contributed by atoms with Crippen LogP contribution in [0.15, 0.2) is 47.6 Å². The van der Waals surface area contributed by atoms with E-state index in [9.17, 15) is 0 Å². The number of hydrogen-bond donors (Lipinski definition) is 2. The highest BCUT2D eigenvalue weighted by molar-refractivity contribution is 6.30. The molecule has 1 heterocycles. The summed E-state index contributed by atoms with van der Waals surface area (Å²) in [6, 6.07) is 11.4. The highest BCUT2D eigenvalue weighted by atomic mass is 35.5. The fraction of sp³-hybridized carbons (Fsp3) is 0.143. The fourth-order valence-electron chi connectivity index (χ4n) is 1.81. The zero-order valence-corrected chi connectivity index (χ0v) is 12.0. The first-order valence-corrected chi connectivity index (χ1v) is 6.60. The largest absolute Gasteiger partial charge is 0.367 e. The Labute approximate surface area is 123 Å². The molecule has 2 rings (SSSR count). The van der Waals surface area contributed by atoms with E-state index in [1.165, 1.54) is 0 Å². The van der Waals surface area contributed by atoms with Gasteiger partial charge in [-0.2, -0.15) is 9.99 Å². The van der Waals surface area contributed by atoms with Crippen molar-refractivity contribution >= 4 is 30.1 Å². The van der Waals surface area contributed by atoms with Crippen molar-refractivity contribution in [2.75, 3.05) is 6.54 Å². The Bertz CT molecular complexity index is 627. The van der Waals surface area contributed by atoms with Gasteiger partial charge in [-0.3, -0.25) is 4.99 Å². The van der Waals surface area contributed by atoms with Crippen molar-refractivity contribution in [1.82, 2.24) is 9.99 Å². The summed E-state index contributed by atoms with van der Waals surface area (Å²) >= 11 is 5.90. The average Bonchev–Trinajstić information content (AvgIpc) is 2.89. The zero-order chi connectivity index (χ0) is 14.5. The number of halogens is 1. The van der Waals surface area contributed by atoms with Crippen LogP contribution in [0.5, 0.6) is 0 Å². The molecule has 1 aromatic heterocycles. The highest BCUT2D eigenvalue weighted by Crippen LogP contribution is 2.20. The molecule has 0 aliphatic carbocycles. The Morgan fingerprint density at radius 1 is 1.40 bits per heavy atom. The van der Waals surface area contributed by atoms with Crippen LogP contribution in [0.1, 0.15) is 6.92 Å². The molecule has 0 aliphatic rings. The van der Waals surface area contributed by atoms with Crippen molar-refractivity contribution in [3.63, 3.8) is 0 Å². The van der Waals surface area contributed by atoms with E-state index in [4.69, 9.17) is 17.3 Å². The molecule has 104 valence electrons. The Morgan fingerprint density at radius 3 is 2.75 bits per heavy atom. The van der Waals surface area contributed by atoms with E-state index >= 15 is 0 Å². The number of hydrazone groups is 1. The number of benzene rings is 1. The van der Waals surface area contributed by atoms with Gasteiger partial charge in [0.05, 0.1) is 12.9 Å². The topological polar surface area (TPSA) is 58.4 Å². The molecule has 0 radical (unpaired) electrons. The van der Waals surface area contributed by atoms with E-state index in [-0.39, 0.29) is 0 Å². The van der Waals surface area contributed by atoms with Gasteiger partial charge in [0, 0.05) is 17.6 Å². The van der Waals surface area contributed by atoms with Crippen molar-refractivity contribution in [2.45, 2.75) is 6.92 Å². The van der Waals surface area contributed by atoms with Crippen LogP contribution >= 0.6 is 11.6 Å². The number of aromatic nitrogens is 1. The number of rotatable bonds is 4. The van der Waals surface area contributed by atoms with Crippen molar-refractivity contribution in [3.05, 3.63) is 47.6 Å². The molecule has 0 unspecified atom stereocenters. The summed E-state index contributed by atoms with van der Waals surface area (Å²) in [6.45, 7) is 6.45. The molecule has 0 aliphatic heterocycles. The molecule has 5 nitrogen and oxygen atoms in total. The molecule has 0 saturated carbocycles. The highest BCUT2D eigenvalue weighted by Gasteiger charge is 2.15. The summed E-state index contributed by atoms with van der Waals surface area (Å²) in [5.41, 5.74) is 9.62. The Hall–Kier alpha value is -2.27. The number of nitrogens with two attached hydrogens (primary N) is 1. The van der Waals surface area contributed by atoms with Crippen LogP contribution in [0, 0.1) is 0 Å². The lowest BCUT2D eigenvalue weighted by Gasteiger charge is -2.07. The second-order valence-corrected chi connectivity index (χ2v) is 4.55. The second-order valence-electron chi connectivity index (χ2n) is 4.11. The third-order valence-corrected chi connectivity index (χ3v) is 2.94. The summed E-state index contributed by atoms with van der Waals surface area (Å²) in [5.74, 6) is 1.16. The van der Waals surface area contributed by atoms with Crippen molar-refractivity contribution < 1.29 is 4.68 Å². The molecule has 0 amide bonds. The van der Waals surface area contributed by atoms with E-state index in [1.54, 1.807) is 4.68 Å². The Kier molecular flexibility index (Phi) is 4.42. The third-order valence-electron chi connectivity index (χ3n) is 2.69. The quantitative estimate of drug-likeness (QED) is 0.393.